The van der Waals surface area contributed by atoms with Crippen molar-refractivity contribution in [2.75, 3.05) is 12.4 Å². The molecule has 28 heavy (non-hydrogen) atoms. The van der Waals surface area contributed by atoms with Crippen LogP contribution in [-0.2, 0) is 0 Å². The van der Waals surface area contributed by atoms with Crippen LogP contribution < -0.4 is 15.8 Å². The maximum atomic E-state index is 11.7. The number of benzene rings is 1. The molecule has 7 nitrogen and oxygen atoms in total. The zero-order valence-electron chi connectivity index (χ0n) is 15.4. The molecule has 4 rings (SSSR count). The van der Waals surface area contributed by atoms with E-state index in [1.165, 1.54) is 25.5 Å². The maximum Gasteiger partial charge on any atom is 0.252 e. The van der Waals surface area contributed by atoms with Crippen LogP contribution >= 0.6 is 11.6 Å². The van der Waals surface area contributed by atoms with Gasteiger partial charge in [0, 0.05) is 23.5 Å². The van der Waals surface area contributed by atoms with Crippen LogP contribution in [0.1, 0.15) is 35.7 Å². The molecule has 0 atom stereocenters. The number of rotatable bonds is 6. The number of nitrogens with two attached hydrogens (primary N) is 1. The van der Waals surface area contributed by atoms with Gasteiger partial charge in [-0.25, -0.2) is 4.98 Å². The van der Waals surface area contributed by atoms with Crippen LogP contribution in [-0.4, -0.2) is 27.8 Å². The van der Waals surface area contributed by atoms with E-state index in [4.69, 9.17) is 22.1 Å². The Morgan fingerprint density at radius 3 is 2.82 bits per heavy atom. The van der Waals surface area contributed by atoms with E-state index >= 15 is 0 Å². The number of para-hydroxylation sites is 1. The summed E-state index contributed by atoms with van der Waals surface area (Å²) in [6.45, 7) is 0. The number of pyridine rings is 1. The molecule has 1 fully saturated rings. The van der Waals surface area contributed by atoms with Gasteiger partial charge < -0.3 is 15.8 Å². The van der Waals surface area contributed by atoms with Crippen molar-refractivity contribution in [1.29, 1.82) is 0 Å². The van der Waals surface area contributed by atoms with Gasteiger partial charge in [0.25, 0.3) is 5.91 Å². The summed E-state index contributed by atoms with van der Waals surface area (Å²) in [6, 6.07) is 7.78. The molecule has 0 saturated heterocycles. The van der Waals surface area contributed by atoms with Gasteiger partial charge in [-0.1, -0.05) is 23.7 Å². The molecule has 3 N–H and O–H groups in total. The Labute approximate surface area is 167 Å². The summed E-state index contributed by atoms with van der Waals surface area (Å²) >= 11 is 5.99. The first-order chi connectivity index (χ1) is 13.6. The standard InChI is InChI=1S/C20H20ClN5O2/c1-28-19-14(12-9-24-26(11-12)13-4-2-5-13)6-3-7-16(19)25-17-8-18(21)23-10-15(17)20(22)27/h3,6-11,13H,2,4-5H2,1H3,(H2,22,27)(H,23,25). The topological polar surface area (TPSA) is 95.1 Å². The van der Waals surface area contributed by atoms with Gasteiger partial charge in [0.05, 0.1) is 36.3 Å². The highest BCUT2D eigenvalue weighted by atomic mass is 35.5. The fourth-order valence-electron chi connectivity index (χ4n) is 3.29. The van der Waals surface area contributed by atoms with Gasteiger partial charge in [0.1, 0.15) is 10.9 Å². The predicted octanol–water partition coefficient (Wildman–Crippen LogP) is 4.17. The number of hydrogen-bond acceptors (Lipinski definition) is 5. The lowest BCUT2D eigenvalue weighted by molar-refractivity contribution is 0.100. The summed E-state index contributed by atoms with van der Waals surface area (Å²) < 4.78 is 7.70. The van der Waals surface area contributed by atoms with E-state index in [1.807, 2.05) is 35.3 Å². The number of aromatic nitrogens is 3. The van der Waals surface area contributed by atoms with Crippen LogP contribution in [0.5, 0.6) is 5.75 Å². The number of hydrogen-bond donors (Lipinski definition) is 2. The molecule has 0 unspecified atom stereocenters. The Morgan fingerprint density at radius 1 is 1.32 bits per heavy atom. The van der Waals surface area contributed by atoms with E-state index in [1.54, 1.807) is 13.2 Å². The van der Waals surface area contributed by atoms with E-state index < -0.39 is 5.91 Å². The fourth-order valence-corrected chi connectivity index (χ4v) is 3.44. The van der Waals surface area contributed by atoms with Gasteiger partial charge in [-0.3, -0.25) is 9.48 Å². The van der Waals surface area contributed by atoms with Crippen molar-refractivity contribution in [2.45, 2.75) is 25.3 Å². The molecule has 2 heterocycles. The number of nitrogens with one attached hydrogen (secondary N) is 1. The number of carbonyl (C=O) groups is 1. The molecule has 3 aromatic rings. The third-order valence-electron chi connectivity index (χ3n) is 4.99. The van der Waals surface area contributed by atoms with Gasteiger partial charge in [-0.15, -0.1) is 0 Å². The molecule has 1 aromatic carbocycles. The average molecular weight is 398 g/mol. The molecule has 1 aliphatic rings. The smallest absolute Gasteiger partial charge is 0.252 e. The minimum Gasteiger partial charge on any atom is -0.494 e. The van der Waals surface area contributed by atoms with E-state index in [2.05, 4.69) is 15.4 Å². The first-order valence-corrected chi connectivity index (χ1v) is 9.38. The number of halogens is 1. The molecule has 1 saturated carbocycles. The van der Waals surface area contributed by atoms with Crippen LogP contribution in [0, 0.1) is 0 Å². The second kappa shape index (κ2) is 7.52. The van der Waals surface area contributed by atoms with Crippen LogP contribution in [0.15, 0.2) is 42.9 Å². The maximum absolute atomic E-state index is 11.7. The van der Waals surface area contributed by atoms with E-state index in [9.17, 15) is 4.79 Å². The third kappa shape index (κ3) is 3.41. The number of anilines is 2. The first kappa shape index (κ1) is 18.3. The Bertz CT molecular complexity index is 1030. The highest BCUT2D eigenvalue weighted by molar-refractivity contribution is 6.29. The van der Waals surface area contributed by atoms with E-state index in [0.717, 1.165) is 11.1 Å². The zero-order chi connectivity index (χ0) is 19.7. The number of amides is 1. The SMILES string of the molecule is COc1c(Nc2cc(Cl)ncc2C(N)=O)cccc1-c1cnn(C2CCC2)c1. The summed E-state index contributed by atoms with van der Waals surface area (Å²) in [7, 11) is 1.61. The molecule has 8 heteroatoms. The summed E-state index contributed by atoms with van der Waals surface area (Å²) in [5.74, 6) is 0.0441. The fraction of sp³-hybridized carbons (Fsp3) is 0.250. The van der Waals surface area contributed by atoms with Crippen molar-refractivity contribution in [3.63, 3.8) is 0 Å². The second-order valence-electron chi connectivity index (χ2n) is 6.72. The van der Waals surface area contributed by atoms with E-state index in [0.29, 0.717) is 23.2 Å². The number of nitrogens with zero attached hydrogens (tertiary/aromatic N) is 3. The van der Waals surface area contributed by atoms with Crippen molar-refractivity contribution in [3.05, 3.63) is 53.6 Å². The summed E-state index contributed by atoms with van der Waals surface area (Å²) in [4.78, 5) is 15.6. The molecule has 0 radical (unpaired) electrons. The molecule has 0 spiro atoms. The summed E-state index contributed by atoms with van der Waals surface area (Å²) in [5, 5.41) is 7.96. The van der Waals surface area contributed by atoms with Gasteiger partial charge >= 0.3 is 0 Å². The lowest BCUT2D eigenvalue weighted by Gasteiger charge is -2.25. The monoisotopic (exact) mass is 397 g/mol. The molecular weight excluding hydrogens is 378 g/mol. The molecule has 2 aromatic heterocycles. The minimum absolute atomic E-state index is 0.245. The van der Waals surface area contributed by atoms with Gasteiger partial charge in [-0.2, -0.15) is 5.10 Å². The van der Waals surface area contributed by atoms with E-state index in [-0.39, 0.29) is 10.7 Å². The molecular formula is C20H20ClN5O2. The minimum atomic E-state index is -0.594. The molecule has 0 bridgehead atoms. The Kier molecular flexibility index (Phi) is 4.92. The number of primary amides is 1. The first-order valence-electron chi connectivity index (χ1n) is 9.00. The van der Waals surface area contributed by atoms with Crippen LogP contribution in [0.4, 0.5) is 11.4 Å². The van der Waals surface area contributed by atoms with Crippen molar-refractivity contribution in [1.82, 2.24) is 14.8 Å². The van der Waals surface area contributed by atoms with Crippen molar-refractivity contribution >= 4 is 28.9 Å². The highest BCUT2D eigenvalue weighted by Gasteiger charge is 2.21. The van der Waals surface area contributed by atoms with Gasteiger partial charge in [0.2, 0.25) is 0 Å². The van der Waals surface area contributed by atoms with Crippen LogP contribution in [0.2, 0.25) is 5.15 Å². The third-order valence-corrected chi connectivity index (χ3v) is 5.19. The molecule has 0 aliphatic heterocycles. The largest absolute Gasteiger partial charge is 0.494 e. The molecule has 144 valence electrons. The number of ether oxygens (including phenoxy) is 1. The summed E-state index contributed by atoms with van der Waals surface area (Å²) in [5.41, 5.74) is 8.72. The van der Waals surface area contributed by atoms with Crippen molar-refractivity contribution < 1.29 is 9.53 Å². The number of carbonyl (C=O) groups excluding carboxylic acids is 1. The van der Waals surface area contributed by atoms with Crippen molar-refractivity contribution in [2.24, 2.45) is 5.73 Å². The van der Waals surface area contributed by atoms with Gasteiger partial charge in [0.15, 0.2) is 0 Å². The molecule has 1 amide bonds. The van der Waals surface area contributed by atoms with Crippen LogP contribution in [0.3, 0.4) is 0 Å². The summed E-state index contributed by atoms with van der Waals surface area (Å²) in [6.07, 6.45) is 8.82. The molecule has 1 aliphatic carbocycles. The average Bonchev–Trinajstić information content (AvgIpc) is 3.09. The predicted molar refractivity (Wildman–Crippen MR) is 108 cm³/mol. The Morgan fingerprint density at radius 2 is 2.14 bits per heavy atom. The zero-order valence-corrected chi connectivity index (χ0v) is 16.1. The quantitative estimate of drug-likeness (QED) is 0.608. The lowest BCUT2D eigenvalue weighted by Crippen LogP contribution is -2.16. The second-order valence-corrected chi connectivity index (χ2v) is 7.11. The Balaban J connectivity index is 1.71. The highest BCUT2D eigenvalue weighted by Crippen LogP contribution is 2.39. The Hall–Kier alpha value is -3.06. The van der Waals surface area contributed by atoms with Crippen LogP contribution in [0.25, 0.3) is 11.1 Å². The lowest BCUT2D eigenvalue weighted by atomic mass is 9.93. The van der Waals surface area contributed by atoms with Gasteiger partial charge in [-0.05, 0) is 31.4 Å². The number of methoxy groups -OCH3 is 1. The normalized spacial score (nSPS) is 13.8. The van der Waals surface area contributed by atoms with Crippen molar-refractivity contribution in [3.8, 4) is 16.9 Å².